The Labute approximate surface area is 236 Å². The van der Waals surface area contributed by atoms with E-state index in [9.17, 15) is 10.2 Å². The molecule has 0 aromatic heterocycles. The van der Waals surface area contributed by atoms with E-state index in [1.165, 1.54) is 44.1 Å². The molecule has 3 saturated carbocycles. The second-order valence-electron chi connectivity index (χ2n) is 15.9. The van der Waals surface area contributed by atoms with Crippen LogP contribution in [-0.2, 0) is 4.43 Å². The van der Waals surface area contributed by atoms with Crippen LogP contribution in [0.5, 0.6) is 0 Å². The Morgan fingerprint density at radius 1 is 1.13 bits per heavy atom. The average Bonchev–Trinajstić information content (AvgIpc) is 3.10. The largest absolute Gasteiger partial charge is 0.411 e. The van der Waals surface area contributed by atoms with E-state index in [0.717, 1.165) is 30.8 Å². The molecule has 3 aliphatic rings. The zero-order valence-corrected chi connectivity index (χ0v) is 27.5. The lowest BCUT2D eigenvalue weighted by molar-refractivity contribution is 0.0139. The molecule has 0 saturated heterocycles. The van der Waals surface area contributed by atoms with Gasteiger partial charge in [-0.25, -0.2) is 0 Å². The Morgan fingerprint density at radius 3 is 2.39 bits per heavy atom. The fraction of sp³-hybridized carbons (Fsp3) is 0.824. The van der Waals surface area contributed by atoms with Gasteiger partial charge in [-0.1, -0.05) is 71.8 Å². The third-order valence-electron chi connectivity index (χ3n) is 11.0. The molecule has 3 fully saturated rings. The summed E-state index contributed by atoms with van der Waals surface area (Å²) in [7, 11) is -1.96. The van der Waals surface area contributed by atoms with Crippen LogP contribution in [-0.4, -0.2) is 35.8 Å². The van der Waals surface area contributed by atoms with Gasteiger partial charge in [0.05, 0.1) is 17.3 Å². The van der Waals surface area contributed by atoms with E-state index < -0.39 is 20.0 Å². The minimum absolute atomic E-state index is 0.137. The van der Waals surface area contributed by atoms with Gasteiger partial charge in [0.1, 0.15) is 0 Å². The van der Waals surface area contributed by atoms with Crippen LogP contribution in [0.2, 0.25) is 18.1 Å². The highest BCUT2D eigenvalue weighted by Crippen LogP contribution is 2.60. The van der Waals surface area contributed by atoms with E-state index in [1.54, 1.807) is 5.57 Å². The van der Waals surface area contributed by atoms with Crippen molar-refractivity contribution in [1.29, 1.82) is 0 Å². The smallest absolute Gasteiger partial charge is 0.192 e. The summed E-state index contributed by atoms with van der Waals surface area (Å²) in [5, 5.41) is 21.3. The predicted molar refractivity (Wildman–Crippen MR) is 165 cm³/mol. The molecule has 0 amide bonds. The van der Waals surface area contributed by atoms with Gasteiger partial charge in [0.2, 0.25) is 0 Å². The number of hydrogen-bond acceptors (Lipinski definition) is 3. The van der Waals surface area contributed by atoms with E-state index in [-0.39, 0.29) is 10.6 Å². The molecule has 0 bridgehead atoms. The fourth-order valence-electron chi connectivity index (χ4n) is 7.83. The van der Waals surface area contributed by atoms with Crippen LogP contribution in [0, 0.1) is 23.2 Å². The molecule has 0 aliphatic heterocycles. The monoisotopic (exact) mass is 544 g/mol. The topological polar surface area (TPSA) is 49.7 Å². The number of aliphatic hydroxyl groups excluding tert-OH is 1. The molecule has 0 aromatic carbocycles. The standard InChI is InChI=1S/C34H60O3Si/c1-24(14-12-20-32(6,7)36)28-18-19-29-26(15-13-21-34(28,29)9)16-17-27-22-33(8,23-30(35)25(27)2)37-38(10,11)31(3,4)5/h16-17,24,28-30,35-36H,2,12-15,18-23H2,1,3-11H3/t24-,28?,29?,30+,33-,34+/m0/s1. The summed E-state index contributed by atoms with van der Waals surface area (Å²) in [5.74, 6) is 2.12. The summed E-state index contributed by atoms with van der Waals surface area (Å²) >= 11 is 0. The molecule has 3 nitrogen and oxygen atoms in total. The Kier molecular flexibility index (Phi) is 9.47. The second-order valence-corrected chi connectivity index (χ2v) is 20.7. The molecule has 0 aromatic rings. The van der Waals surface area contributed by atoms with E-state index in [2.05, 4.69) is 73.4 Å². The zero-order valence-electron chi connectivity index (χ0n) is 26.5. The molecular weight excluding hydrogens is 484 g/mol. The summed E-state index contributed by atoms with van der Waals surface area (Å²) in [6.45, 7) is 26.9. The predicted octanol–water partition coefficient (Wildman–Crippen LogP) is 9.12. The van der Waals surface area contributed by atoms with Crippen LogP contribution >= 0.6 is 0 Å². The van der Waals surface area contributed by atoms with Crippen LogP contribution in [0.15, 0.2) is 35.5 Å². The van der Waals surface area contributed by atoms with Gasteiger partial charge in [-0.05, 0) is 112 Å². The SMILES string of the molecule is C=C1C(=CC=C2CCC[C@@]3(C)C2CCC3[C@@H](C)CCCC(C)(C)O)C[C@](C)(O[Si](C)(C)C(C)(C)C)C[C@H]1O. The highest BCUT2D eigenvalue weighted by Gasteiger charge is 2.50. The molecule has 6 atom stereocenters. The Hall–Kier alpha value is -0.683. The van der Waals surface area contributed by atoms with E-state index in [4.69, 9.17) is 4.43 Å². The van der Waals surface area contributed by atoms with Crippen molar-refractivity contribution in [3.05, 3.63) is 35.5 Å². The first-order chi connectivity index (χ1) is 17.3. The summed E-state index contributed by atoms with van der Waals surface area (Å²) < 4.78 is 6.91. The maximum absolute atomic E-state index is 11.0. The van der Waals surface area contributed by atoms with Crippen molar-refractivity contribution >= 4 is 8.32 Å². The second kappa shape index (κ2) is 11.3. The number of hydrogen-bond donors (Lipinski definition) is 2. The highest BCUT2D eigenvalue weighted by molar-refractivity contribution is 6.74. The Morgan fingerprint density at radius 2 is 1.79 bits per heavy atom. The van der Waals surface area contributed by atoms with Crippen LogP contribution < -0.4 is 0 Å². The van der Waals surface area contributed by atoms with Gasteiger partial charge < -0.3 is 14.6 Å². The molecule has 3 aliphatic carbocycles. The van der Waals surface area contributed by atoms with Crippen LogP contribution in [0.25, 0.3) is 0 Å². The van der Waals surface area contributed by atoms with Crippen LogP contribution in [0.4, 0.5) is 0 Å². The van der Waals surface area contributed by atoms with Gasteiger partial charge >= 0.3 is 0 Å². The lowest BCUT2D eigenvalue weighted by Gasteiger charge is -2.47. The maximum Gasteiger partial charge on any atom is 0.192 e. The molecule has 0 radical (unpaired) electrons. The minimum atomic E-state index is -1.96. The van der Waals surface area contributed by atoms with Crippen molar-refractivity contribution in [3.63, 3.8) is 0 Å². The normalized spacial score (nSPS) is 36.1. The van der Waals surface area contributed by atoms with Crippen molar-refractivity contribution in [2.75, 3.05) is 0 Å². The van der Waals surface area contributed by atoms with Crippen molar-refractivity contribution in [2.45, 2.75) is 155 Å². The number of allylic oxidation sites excluding steroid dienone is 3. The summed E-state index contributed by atoms with van der Waals surface area (Å²) in [6, 6.07) is 0. The van der Waals surface area contributed by atoms with Crippen molar-refractivity contribution < 1.29 is 14.6 Å². The number of fused-ring (bicyclic) bond motifs is 1. The lowest BCUT2D eigenvalue weighted by atomic mass is 9.60. The minimum Gasteiger partial charge on any atom is -0.411 e. The Balaban J connectivity index is 1.77. The van der Waals surface area contributed by atoms with Gasteiger partial charge in [0.25, 0.3) is 0 Å². The maximum atomic E-state index is 11.0. The first kappa shape index (κ1) is 31.8. The lowest BCUT2D eigenvalue weighted by Crippen LogP contribution is -2.51. The zero-order chi connectivity index (χ0) is 28.7. The van der Waals surface area contributed by atoms with E-state index >= 15 is 0 Å². The number of aliphatic hydroxyl groups is 2. The van der Waals surface area contributed by atoms with Gasteiger partial charge in [0, 0.05) is 12.8 Å². The van der Waals surface area contributed by atoms with E-state index in [1.807, 2.05) is 13.8 Å². The van der Waals surface area contributed by atoms with E-state index in [0.29, 0.717) is 23.7 Å². The van der Waals surface area contributed by atoms with Gasteiger partial charge in [0.15, 0.2) is 8.32 Å². The molecule has 2 N–H and O–H groups in total. The first-order valence-corrected chi connectivity index (χ1v) is 18.4. The molecule has 218 valence electrons. The van der Waals surface area contributed by atoms with Crippen LogP contribution in [0.1, 0.15) is 120 Å². The average molecular weight is 545 g/mol. The fourth-order valence-corrected chi connectivity index (χ4v) is 9.52. The van der Waals surface area contributed by atoms with Gasteiger partial charge in [-0.2, -0.15) is 0 Å². The van der Waals surface area contributed by atoms with Crippen LogP contribution in [0.3, 0.4) is 0 Å². The summed E-state index contributed by atoms with van der Waals surface area (Å²) in [4.78, 5) is 0. The number of rotatable bonds is 8. The third-order valence-corrected chi connectivity index (χ3v) is 15.6. The molecule has 0 heterocycles. The van der Waals surface area contributed by atoms with Gasteiger partial charge in [-0.15, -0.1) is 0 Å². The molecule has 38 heavy (non-hydrogen) atoms. The highest BCUT2D eigenvalue weighted by atomic mass is 28.4. The quantitative estimate of drug-likeness (QED) is 0.300. The molecule has 0 spiro atoms. The third kappa shape index (κ3) is 7.14. The summed E-state index contributed by atoms with van der Waals surface area (Å²) in [6.07, 6.45) is 15.2. The summed E-state index contributed by atoms with van der Waals surface area (Å²) in [5.41, 5.74) is 3.11. The van der Waals surface area contributed by atoms with Crippen molar-refractivity contribution in [1.82, 2.24) is 0 Å². The molecule has 2 unspecified atom stereocenters. The first-order valence-electron chi connectivity index (χ1n) is 15.5. The van der Waals surface area contributed by atoms with Crippen molar-refractivity contribution in [2.24, 2.45) is 23.2 Å². The molecule has 4 heteroatoms. The molecular formula is C34H60O3Si. The Bertz CT molecular complexity index is 917. The van der Waals surface area contributed by atoms with Crippen molar-refractivity contribution in [3.8, 4) is 0 Å². The van der Waals surface area contributed by atoms with Gasteiger partial charge in [-0.3, -0.25) is 0 Å². The molecule has 3 rings (SSSR count).